The Kier molecular flexibility index (Phi) is 4.08. The summed E-state index contributed by atoms with van der Waals surface area (Å²) in [6.07, 6.45) is 8.41. The highest BCUT2D eigenvalue weighted by molar-refractivity contribution is 7.20. The fourth-order valence-corrected chi connectivity index (χ4v) is 3.94. The number of hydrogen-bond acceptors (Lipinski definition) is 8. The van der Waals surface area contributed by atoms with Crippen LogP contribution in [0.5, 0.6) is 0 Å². The van der Waals surface area contributed by atoms with E-state index in [0.717, 1.165) is 31.1 Å². The molecule has 0 amide bonds. The average Bonchev–Trinajstić information content (AvgIpc) is 3.29. The summed E-state index contributed by atoms with van der Waals surface area (Å²) in [4.78, 5) is 30.8. The van der Waals surface area contributed by atoms with Crippen molar-refractivity contribution in [1.82, 2.24) is 14.6 Å². The minimum absolute atomic E-state index is 0.205. The number of ketones is 1. The minimum Gasteiger partial charge on any atom is -0.493 e. The lowest BCUT2D eigenvalue weighted by Crippen LogP contribution is -2.18. The lowest BCUT2D eigenvalue weighted by molar-refractivity contribution is -0.114. The second-order valence-corrected chi connectivity index (χ2v) is 6.98. The fourth-order valence-electron chi connectivity index (χ4n) is 2.98. The summed E-state index contributed by atoms with van der Waals surface area (Å²) in [7, 11) is 1.42. The highest BCUT2D eigenvalue weighted by Gasteiger charge is 2.20. The zero-order valence-electron chi connectivity index (χ0n) is 14.1. The average molecular weight is 371 g/mol. The van der Waals surface area contributed by atoms with Crippen molar-refractivity contribution in [2.24, 2.45) is 0 Å². The number of fused-ring (bicyclic) bond motifs is 1. The molecule has 2 aromatic rings. The van der Waals surface area contributed by atoms with Crippen molar-refractivity contribution in [3.05, 3.63) is 45.5 Å². The molecule has 0 radical (unpaired) electrons. The van der Waals surface area contributed by atoms with Crippen molar-refractivity contribution in [1.29, 1.82) is 0 Å². The molecule has 134 valence electrons. The number of nitrogens with two attached hydrogens (primary N) is 1. The monoisotopic (exact) mass is 371 g/mol. The molecule has 4 rings (SSSR count). The van der Waals surface area contributed by atoms with Gasteiger partial charge in [0.1, 0.15) is 5.82 Å². The molecule has 0 atom stereocenters. The molecule has 3 heterocycles. The van der Waals surface area contributed by atoms with Crippen LogP contribution in [0, 0.1) is 0 Å². The number of aromatic nitrogens is 3. The van der Waals surface area contributed by atoms with Crippen LogP contribution in [0.3, 0.4) is 0 Å². The number of carbonyl (C=O) groups is 1. The first-order valence-electron chi connectivity index (χ1n) is 8.21. The maximum Gasteiger partial charge on any atom is 0.283 e. The van der Waals surface area contributed by atoms with Crippen LogP contribution in [0.25, 0.3) is 11.0 Å². The lowest BCUT2D eigenvalue weighted by atomic mass is 10.0. The standard InChI is InChI=1S/C17H17N5O3S/c1-25-13-9-10(4-5-12(13)23)8-11-14(18)22-16(19-15(11)24)26-17(20-22)21-6-2-3-7-21/h4-5,8-9H,2-3,6-7,18H2,1H3/b10-8+. The Balaban J connectivity index is 1.79. The molecule has 2 aliphatic rings. The first-order chi connectivity index (χ1) is 12.6. The summed E-state index contributed by atoms with van der Waals surface area (Å²) < 4.78 is 6.54. The van der Waals surface area contributed by atoms with Crippen LogP contribution in [0.4, 0.5) is 10.9 Å². The summed E-state index contributed by atoms with van der Waals surface area (Å²) in [5.41, 5.74) is 6.64. The molecular formula is C17H17N5O3S. The molecule has 2 aromatic heterocycles. The second-order valence-electron chi connectivity index (χ2n) is 6.04. The van der Waals surface area contributed by atoms with Gasteiger partial charge in [0, 0.05) is 13.1 Å². The Morgan fingerprint density at radius 3 is 2.77 bits per heavy atom. The highest BCUT2D eigenvalue weighted by Crippen LogP contribution is 2.27. The zero-order valence-corrected chi connectivity index (χ0v) is 15.0. The third-order valence-electron chi connectivity index (χ3n) is 4.36. The molecule has 1 aliphatic carbocycles. The molecule has 0 aromatic carbocycles. The van der Waals surface area contributed by atoms with Crippen molar-refractivity contribution in [2.75, 3.05) is 30.8 Å². The Labute approximate surface area is 152 Å². The van der Waals surface area contributed by atoms with Gasteiger partial charge in [-0.25, -0.2) is 0 Å². The number of methoxy groups -OCH3 is 1. The minimum atomic E-state index is -0.427. The van der Waals surface area contributed by atoms with Gasteiger partial charge in [0.15, 0.2) is 5.76 Å². The van der Waals surface area contributed by atoms with E-state index in [1.807, 2.05) is 0 Å². The van der Waals surface area contributed by atoms with E-state index in [1.54, 1.807) is 18.2 Å². The van der Waals surface area contributed by atoms with E-state index >= 15 is 0 Å². The van der Waals surface area contributed by atoms with E-state index in [2.05, 4.69) is 15.0 Å². The normalized spacial score (nSPS) is 18.8. The summed E-state index contributed by atoms with van der Waals surface area (Å²) in [6, 6.07) is 0. The van der Waals surface area contributed by atoms with Gasteiger partial charge in [0.2, 0.25) is 15.9 Å². The number of rotatable bonds is 3. The van der Waals surface area contributed by atoms with Crippen LogP contribution in [-0.2, 0) is 9.53 Å². The van der Waals surface area contributed by atoms with Gasteiger partial charge in [0.25, 0.3) is 5.56 Å². The molecule has 8 nitrogen and oxygen atoms in total. The number of hydrogen-bond donors (Lipinski definition) is 1. The van der Waals surface area contributed by atoms with Gasteiger partial charge >= 0.3 is 0 Å². The number of allylic oxidation sites excluding steroid dienone is 4. The van der Waals surface area contributed by atoms with E-state index in [1.165, 1.54) is 29.0 Å². The lowest BCUT2D eigenvalue weighted by Gasteiger charge is -2.11. The summed E-state index contributed by atoms with van der Waals surface area (Å²) >= 11 is 1.36. The first kappa shape index (κ1) is 16.5. The number of nitrogens with zero attached hydrogens (tertiary/aromatic N) is 4. The molecular weight excluding hydrogens is 354 g/mol. The van der Waals surface area contributed by atoms with Crippen LogP contribution in [-0.4, -0.2) is 40.6 Å². The van der Waals surface area contributed by atoms with Crippen LogP contribution >= 0.6 is 11.3 Å². The molecule has 0 unspecified atom stereocenters. The molecule has 1 aliphatic heterocycles. The van der Waals surface area contributed by atoms with E-state index in [4.69, 9.17) is 10.5 Å². The van der Waals surface area contributed by atoms with Gasteiger partial charge in [-0.15, -0.1) is 5.10 Å². The van der Waals surface area contributed by atoms with E-state index in [0.29, 0.717) is 10.5 Å². The van der Waals surface area contributed by atoms with Crippen molar-refractivity contribution in [2.45, 2.75) is 12.8 Å². The summed E-state index contributed by atoms with van der Waals surface area (Å²) in [5, 5.41) is 5.34. The molecule has 0 spiro atoms. The van der Waals surface area contributed by atoms with Gasteiger partial charge in [-0.2, -0.15) is 9.50 Å². The topological polar surface area (TPSA) is 103 Å². The van der Waals surface area contributed by atoms with Crippen molar-refractivity contribution in [3.8, 4) is 0 Å². The fraction of sp³-hybridized carbons (Fsp3) is 0.294. The summed E-state index contributed by atoms with van der Waals surface area (Å²) in [6.45, 7) is 1.90. The molecule has 9 heteroatoms. The van der Waals surface area contributed by atoms with Gasteiger partial charge in [0.05, 0.1) is 12.7 Å². The largest absolute Gasteiger partial charge is 0.493 e. The number of nitrogen functional groups attached to an aromatic ring is 1. The first-order valence-corrected chi connectivity index (χ1v) is 9.02. The number of ether oxygens (including phenoxy) is 1. The Morgan fingerprint density at radius 1 is 1.27 bits per heavy atom. The number of carbonyl (C=O) groups excluding carboxylic acids is 1. The SMILES string of the molecule is COC1=C/C(=C/c2c(N)n3nc(N4CCCC4)sc3nc2=O)C=CC1=O. The predicted molar refractivity (Wildman–Crippen MR) is 100 cm³/mol. The molecule has 1 saturated heterocycles. The van der Waals surface area contributed by atoms with Gasteiger partial charge in [-0.1, -0.05) is 17.4 Å². The van der Waals surface area contributed by atoms with Crippen LogP contribution in [0.1, 0.15) is 18.4 Å². The van der Waals surface area contributed by atoms with Gasteiger partial charge in [-0.05, 0) is 36.6 Å². The second kappa shape index (κ2) is 6.41. The molecule has 1 fully saturated rings. The molecule has 26 heavy (non-hydrogen) atoms. The van der Waals surface area contributed by atoms with E-state index in [9.17, 15) is 9.59 Å². The molecule has 0 bridgehead atoms. The third-order valence-corrected chi connectivity index (χ3v) is 5.33. The van der Waals surface area contributed by atoms with Crippen LogP contribution in [0.15, 0.2) is 34.4 Å². The van der Waals surface area contributed by atoms with Gasteiger partial charge < -0.3 is 15.4 Å². The van der Waals surface area contributed by atoms with Crippen molar-refractivity contribution in [3.63, 3.8) is 0 Å². The van der Waals surface area contributed by atoms with Crippen molar-refractivity contribution < 1.29 is 9.53 Å². The quantitative estimate of drug-likeness (QED) is 0.869. The Morgan fingerprint density at radius 2 is 2.04 bits per heavy atom. The Bertz CT molecular complexity index is 1040. The van der Waals surface area contributed by atoms with E-state index < -0.39 is 5.56 Å². The maximum atomic E-state index is 12.4. The van der Waals surface area contributed by atoms with Crippen LogP contribution in [0.2, 0.25) is 0 Å². The van der Waals surface area contributed by atoms with E-state index in [-0.39, 0.29) is 22.9 Å². The smallest absolute Gasteiger partial charge is 0.283 e. The third kappa shape index (κ3) is 2.80. The maximum absolute atomic E-state index is 12.4. The highest BCUT2D eigenvalue weighted by atomic mass is 32.1. The number of anilines is 2. The molecule has 0 saturated carbocycles. The summed E-state index contributed by atoms with van der Waals surface area (Å²) in [5.74, 6) is 0.209. The molecule has 2 N–H and O–H groups in total. The zero-order chi connectivity index (χ0) is 18.3. The predicted octanol–water partition coefficient (Wildman–Crippen LogP) is 1.39. The van der Waals surface area contributed by atoms with Crippen molar-refractivity contribution >= 4 is 39.1 Å². The Hall–Kier alpha value is -2.94. The van der Waals surface area contributed by atoms with Crippen LogP contribution < -0.4 is 16.2 Å². The van der Waals surface area contributed by atoms with Gasteiger partial charge in [-0.3, -0.25) is 9.59 Å².